The van der Waals surface area contributed by atoms with Gasteiger partial charge in [0.2, 0.25) is 11.8 Å². The van der Waals surface area contributed by atoms with Crippen LogP contribution in [0.4, 0.5) is 10.5 Å². The van der Waals surface area contributed by atoms with E-state index in [1.165, 1.54) is 4.90 Å². The third-order valence-corrected chi connectivity index (χ3v) is 6.84. The van der Waals surface area contributed by atoms with Gasteiger partial charge in [-0.1, -0.05) is 49.9 Å². The monoisotopic (exact) mass is 596 g/mol. The molecule has 0 spiro atoms. The smallest absolute Gasteiger partial charge is 0.408 e. The van der Waals surface area contributed by atoms with Crippen molar-refractivity contribution in [1.82, 2.24) is 10.2 Å². The fourth-order valence-electron chi connectivity index (χ4n) is 4.74. The summed E-state index contributed by atoms with van der Waals surface area (Å²) in [5, 5.41) is 5.59. The van der Waals surface area contributed by atoms with Crippen molar-refractivity contribution in [2.24, 2.45) is 5.73 Å². The number of anilines is 1. The number of ether oxygens (including phenoxy) is 2. The number of amides is 4. The molecular formula is C33H48N4O6. The van der Waals surface area contributed by atoms with Crippen molar-refractivity contribution < 1.29 is 28.7 Å². The van der Waals surface area contributed by atoms with Gasteiger partial charge in [0.25, 0.3) is 5.91 Å². The van der Waals surface area contributed by atoms with Crippen molar-refractivity contribution >= 4 is 29.5 Å². The second-order valence-electron chi connectivity index (χ2n) is 11.8. The zero-order valence-electron chi connectivity index (χ0n) is 26.6. The number of carbonyl (C=O) groups excluding carboxylic acids is 4. The number of methoxy groups -OCH3 is 1. The molecule has 0 heterocycles. The normalized spacial score (nSPS) is 12.5. The second-order valence-corrected chi connectivity index (χ2v) is 11.8. The lowest BCUT2D eigenvalue weighted by molar-refractivity contribution is -0.141. The van der Waals surface area contributed by atoms with Crippen LogP contribution in [0.3, 0.4) is 0 Å². The third kappa shape index (κ3) is 11.6. The molecule has 0 radical (unpaired) electrons. The molecule has 4 amide bonds. The topological polar surface area (TPSA) is 140 Å². The Morgan fingerprint density at radius 3 is 2.21 bits per heavy atom. The van der Waals surface area contributed by atoms with E-state index in [1.54, 1.807) is 52.1 Å². The molecule has 10 heteroatoms. The SMILES string of the molecule is CCCCCCN(C(=O)C(CCC(N)=O)NC(=O)OC(C)(C)C)C(C(=O)Nc1ccc(OC)cc1)c1ccc(C)cc1C. The molecule has 10 nitrogen and oxygen atoms in total. The van der Waals surface area contributed by atoms with Crippen LogP contribution in [-0.2, 0) is 19.1 Å². The van der Waals surface area contributed by atoms with Crippen LogP contribution in [0.5, 0.6) is 5.75 Å². The standard InChI is InChI=1S/C33H48N4O6/c1-8-9-10-11-20-37(31(40)27(18-19-28(34)38)36-32(41)43-33(4,5)6)29(26-17-12-22(2)21-23(26)3)30(39)35-24-13-15-25(42-7)16-14-24/h12-17,21,27,29H,8-11,18-20H2,1-7H3,(H2,34,38)(H,35,39)(H,36,41). The molecule has 0 aliphatic heterocycles. The number of hydrogen-bond acceptors (Lipinski definition) is 6. The Hall–Kier alpha value is -4.08. The number of carbonyl (C=O) groups is 4. The van der Waals surface area contributed by atoms with E-state index in [4.69, 9.17) is 15.2 Å². The lowest BCUT2D eigenvalue weighted by Crippen LogP contribution is -2.53. The van der Waals surface area contributed by atoms with E-state index in [-0.39, 0.29) is 19.4 Å². The highest BCUT2D eigenvalue weighted by atomic mass is 16.6. The summed E-state index contributed by atoms with van der Waals surface area (Å²) in [6.07, 6.45) is 2.48. The van der Waals surface area contributed by atoms with Crippen molar-refractivity contribution in [1.29, 1.82) is 0 Å². The molecule has 2 rings (SSSR count). The van der Waals surface area contributed by atoms with Crippen LogP contribution in [0.15, 0.2) is 42.5 Å². The second kappa shape index (κ2) is 16.5. The molecule has 0 fully saturated rings. The van der Waals surface area contributed by atoms with Gasteiger partial charge < -0.3 is 30.7 Å². The fraction of sp³-hybridized carbons (Fsp3) is 0.515. The summed E-state index contributed by atoms with van der Waals surface area (Å²) in [5.41, 5.74) is 7.67. The van der Waals surface area contributed by atoms with E-state index in [1.807, 2.05) is 32.0 Å². The summed E-state index contributed by atoms with van der Waals surface area (Å²) in [6.45, 7) is 11.4. The van der Waals surface area contributed by atoms with Crippen LogP contribution in [0.1, 0.15) is 89.0 Å². The fourth-order valence-corrected chi connectivity index (χ4v) is 4.74. The van der Waals surface area contributed by atoms with E-state index in [2.05, 4.69) is 17.6 Å². The molecule has 4 N–H and O–H groups in total. The largest absolute Gasteiger partial charge is 0.497 e. The molecule has 0 aliphatic rings. The van der Waals surface area contributed by atoms with E-state index < -0.39 is 41.5 Å². The maximum Gasteiger partial charge on any atom is 0.408 e. The number of unbranched alkanes of at least 4 members (excludes halogenated alkanes) is 3. The predicted octanol–water partition coefficient (Wildman–Crippen LogP) is 5.56. The number of aryl methyl sites for hydroxylation is 2. The van der Waals surface area contributed by atoms with Gasteiger partial charge in [-0.25, -0.2) is 4.79 Å². The van der Waals surface area contributed by atoms with Crippen molar-refractivity contribution in [3.63, 3.8) is 0 Å². The third-order valence-electron chi connectivity index (χ3n) is 6.84. The number of nitrogens with zero attached hydrogens (tertiary/aromatic N) is 1. The number of nitrogens with one attached hydrogen (secondary N) is 2. The molecule has 0 aliphatic carbocycles. The Kier molecular flexibility index (Phi) is 13.5. The summed E-state index contributed by atoms with van der Waals surface area (Å²) in [6, 6.07) is 10.5. The van der Waals surface area contributed by atoms with E-state index >= 15 is 0 Å². The Morgan fingerprint density at radius 1 is 0.977 bits per heavy atom. The van der Waals surface area contributed by atoms with E-state index in [0.29, 0.717) is 23.4 Å². The maximum atomic E-state index is 14.4. The number of rotatable bonds is 15. The molecule has 2 aromatic rings. The molecule has 2 aromatic carbocycles. The number of primary amides is 1. The number of hydrogen-bond donors (Lipinski definition) is 3. The Morgan fingerprint density at radius 2 is 1.65 bits per heavy atom. The van der Waals surface area contributed by atoms with Gasteiger partial charge >= 0.3 is 6.09 Å². The van der Waals surface area contributed by atoms with Crippen LogP contribution in [0, 0.1) is 13.8 Å². The minimum Gasteiger partial charge on any atom is -0.497 e. The highest BCUT2D eigenvalue weighted by Crippen LogP contribution is 2.29. The van der Waals surface area contributed by atoms with Gasteiger partial charge in [-0.15, -0.1) is 0 Å². The average molecular weight is 597 g/mol. The highest BCUT2D eigenvalue weighted by molar-refractivity contribution is 5.99. The van der Waals surface area contributed by atoms with Gasteiger partial charge in [0.05, 0.1) is 7.11 Å². The van der Waals surface area contributed by atoms with Crippen LogP contribution in [-0.4, -0.2) is 54.0 Å². The zero-order valence-corrected chi connectivity index (χ0v) is 26.6. The number of benzene rings is 2. The zero-order chi connectivity index (χ0) is 32.2. The maximum absolute atomic E-state index is 14.4. The van der Waals surface area contributed by atoms with Gasteiger partial charge in [-0.3, -0.25) is 14.4 Å². The summed E-state index contributed by atoms with van der Waals surface area (Å²) in [7, 11) is 1.56. The summed E-state index contributed by atoms with van der Waals surface area (Å²) >= 11 is 0. The highest BCUT2D eigenvalue weighted by Gasteiger charge is 2.37. The van der Waals surface area contributed by atoms with Crippen LogP contribution in [0.2, 0.25) is 0 Å². The predicted molar refractivity (Wildman–Crippen MR) is 168 cm³/mol. The molecule has 2 atom stereocenters. The van der Waals surface area contributed by atoms with Crippen molar-refractivity contribution in [3.8, 4) is 5.75 Å². The van der Waals surface area contributed by atoms with Crippen molar-refractivity contribution in [2.45, 2.75) is 97.8 Å². The first kappa shape index (κ1) is 35.1. The molecule has 236 valence electrons. The van der Waals surface area contributed by atoms with Gasteiger partial charge in [0.15, 0.2) is 0 Å². The molecule has 0 bridgehead atoms. The van der Waals surface area contributed by atoms with E-state index in [9.17, 15) is 19.2 Å². The number of nitrogens with two attached hydrogens (primary N) is 1. The molecule has 43 heavy (non-hydrogen) atoms. The average Bonchev–Trinajstić information content (AvgIpc) is 2.92. The van der Waals surface area contributed by atoms with Crippen molar-refractivity contribution in [2.75, 3.05) is 19.0 Å². The quantitative estimate of drug-likeness (QED) is 0.230. The van der Waals surface area contributed by atoms with Crippen LogP contribution < -0.4 is 21.1 Å². The summed E-state index contributed by atoms with van der Waals surface area (Å²) in [5.74, 6) is -0.881. The first-order chi connectivity index (χ1) is 20.2. The molecule has 0 saturated heterocycles. The van der Waals surface area contributed by atoms with Gasteiger partial charge in [-0.2, -0.15) is 0 Å². The van der Waals surface area contributed by atoms with Crippen molar-refractivity contribution in [3.05, 3.63) is 59.2 Å². The Bertz CT molecular complexity index is 1240. The summed E-state index contributed by atoms with van der Waals surface area (Å²) in [4.78, 5) is 54.5. The first-order valence-electron chi connectivity index (χ1n) is 14.9. The Balaban J connectivity index is 2.59. The van der Waals surface area contributed by atoms with Gasteiger partial charge in [0.1, 0.15) is 23.4 Å². The minimum atomic E-state index is -1.14. The van der Waals surface area contributed by atoms with Gasteiger partial charge in [-0.05, 0) is 82.9 Å². The van der Waals surface area contributed by atoms with Crippen LogP contribution >= 0.6 is 0 Å². The molecule has 0 aromatic heterocycles. The van der Waals surface area contributed by atoms with E-state index in [0.717, 1.165) is 30.4 Å². The summed E-state index contributed by atoms with van der Waals surface area (Å²) < 4.78 is 10.7. The lowest BCUT2D eigenvalue weighted by Gasteiger charge is -2.35. The van der Waals surface area contributed by atoms with Crippen LogP contribution in [0.25, 0.3) is 0 Å². The molecule has 2 unspecified atom stereocenters. The number of alkyl carbamates (subject to hydrolysis) is 1. The molecular weight excluding hydrogens is 548 g/mol. The molecule has 0 saturated carbocycles. The lowest BCUT2D eigenvalue weighted by atomic mass is 9.95. The minimum absolute atomic E-state index is 0.0431. The Labute approximate surface area is 255 Å². The van der Waals surface area contributed by atoms with Gasteiger partial charge in [0, 0.05) is 18.7 Å². The first-order valence-corrected chi connectivity index (χ1v) is 14.9.